The average Bonchev–Trinajstić information content (AvgIpc) is 3.23. The van der Waals surface area contributed by atoms with Crippen molar-refractivity contribution in [3.8, 4) is 5.75 Å². The minimum Gasteiger partial charge on any atom is -0.459 e. The lowest BCUT2D eigenvalue weighted by molar-refractivity contribution is 0.0791. The molecule has 1 atom stereocenters. The van der Waals surface area contributed by atoms with E-state index < -0.39 is 5.72 Å². The van der Waals surface area contributed by atoms with E-state index in [0.29, 0.717) is 0 Å². The zero-order chi connectivity index (χ0) is 30.4. The van der Waals surface area contributed by atoms with Crippen molar-refractivity contribution in [2.24, 2.45) is 4.99 Å². The number of hydrogen-bond acceptors (Lipinski definition) is 5. The summed E-state index contributed by atoms with van der Waals surface area (Å²) < 4.78 is 7.29. The van der Waals surface area contributed by atoms with Gasteiger partial charge in [-0.25, -0.2) is 0 Å². The number of hydrogen-bond donors (Lipinski definition) is 0. The maximum atomic E-state index is 7.29. The van der Waals surface area contributed by atoms with Crippen LogP contribution in [-0.4, -0.2) is 28.5 Å². The molecule has 0 saturated heterocycles. The van der Waals surface area contributed by atoms with Crippen molar-refractivity contribution in [1.29, 1.82) is 0 Å². The third-order valence-corrected chi connectivity index (χ3v) is 10.1. The number of unbranched alkanes of at least 4 members (excludes halogenated alkanes) is 13. The van der Waals surface area contributed by atoms with Crippen LogP contribution in [-0.2, 0) is 5.41 Å². The largest absolute Gasteiger partial charge is 0.459 e. The number of pyridine rings is 2. The van der Waals surface area contributed by atoms with Crippen molar-refractivity contribution < 1.29 is 4.74 Å². The summed E-state index contributed by atoms with van der Waals surface area (Å²) in [5.74, 6) is 0.808. The summed E-state index contributed by atoms with van der Waals surface area (Å²) in [6, 6.07) is 16.9. The standard InChI is InChI=1S/C39H50N4O/c1-4-5-6-7-8-9-10-11-12-13-14-15-16-19-28-43-33-25-18-17-24-32(33)38(2,3)39(43)29-42-36-30-22-20-26-40-34(30)35-31(37(36)44-39)23-21-27-41-35/h17-18,20-27,29H,4-16,19,28H2,1-3H3. The molecule has 0 bridgehead atoms. The van der Waals surface area contributed by atoms with Crippen LogP contribution in [0, 0.1) is 0 Å². The van der Waals surface area contributed by atoms with Gasteiger partial charge in [0.25, 0.3) is 0 Å². The maximum absolute atomic E-state index is 7.29. The molecule has 232 valence electrons. The van der Waals surface area contributed by atoms with Gasteiger partial charge < -0.3 is 9.64 Å². The zero-order valence-corrected chi connectivity index (χ0v) is 27.2. The Bertz CT molecular complexity index is 1590. The summed E-state index contributed by atoms with van der Waals surface area (Å²) in [5.41, 5.74) is 4.12. The van der Waals surface area contributed by atoms with Gasteiger partial charge in [-0.1, -0.05) is 109 Å². The molecule has 0 saturated carbocycles. The van der Waals surface area contributed by atoms with E-state index in [2.05, 4.69) is 73.3 Å². The number of ether oxygens (including phenoxy) is 1. The number of rotatable bonds is 15. The van der Waals surface area contributed by atoms with E-state index in [0.717, 1.165) is 46.2 Å². The molecule has 0 fully saturated rings. The number of fused-ring (bicyclic) bond motifs is 7. The first-order valence-electron chi connectivity index (χ1n) is 17.4. The SMILES string of the molecule is CCCCCCCCCCCCCCCCN1c2ccccc2C(C)(C)C12C=Nc1c(c3cccnc3c3ncccc13)O2. The number of benzene rings is 2. The van der Waals surface area contributed by atoms with Gasteiger partial charge in [-0.3, -0.25) is 15.0 Å². The zero-order valence-electron chi connectivity index (χ0n) is 27.2. The fraction of sp³-hybridized carbons (Fsp3) is 0.513. The Morgan fingerprint density at radius 3 is 1.89 bits per heavy atom. The van der Waals surface area contributed by atoms with E-state index in [4.69, 9.17) is 14.7 Å². The number of nitrogens with zero attached hydrogens (tertiary/aromatic N) is 4. The Kier molecular flexibility index (Phi) is 9.49. The van der Waals surface area contributed by atoms with Gasteiger partial charge >= 0.3 is 0 Å². The van der Waals surface area contributed by atoms with Crippen LogP contribution < -0.4 is 9.64 Å². The van der Waals surface area contributed by atoms with Crippen molar-refractivity contribution in [3.05, 3.63) is 66.5 Å². The summed E-state index contributed by atoms with van der Waals surface area (Å²) in [6.45, 7) is 7.83. The van der Waals surface area contributed by atoms with E-state index in [1.807, 2.05) is 24.5 Å². The van der Waals surface area contributed by atoms with Crippen LogP contribution in [0.5, 0.6) is 5.75 Å². The molecule has 0 aliphatic carbocycles. The Hall–Kier alpha value is -3.47. The molecule has 4 aromatic rings. The minimum absolute atomic E-state index is 0.306. The lowest BCUT2D eigenvalue weighted by Crippen LogP contribution is -2.62. The number of aliphatic imine (C=N–C) groups is 1. The highest BCUT2D eigenvalue weighted by Crippen LogP contribution is 2.56. The van der Waals surface area contributed by atoms with Crippen LogP contribution in [0.25, 0.3) is 21.8 Å². The summed E-state index contributed by atoms with van der Waals surface area (Å²) >= 11 is 0. The Balaban J connectivity index is 1.13. The number of para-hydroxylation sites is 1. The lowest BCUT2D eigenvalue weighted by atomic mass is 9.77. The van der Waals surface area contributed by atoms with Crippen molar-refractivity contribution in [2.45, 2.75) is 122 Å². The van der Waals surface area contributed by atoms with Crippen molar-refractivity contribution >= 4 is 39.4 Å². The molecule has 0 N–H and O–H groups in total. The second kappa shape index (κ2) is 13.7. The van der Waals surface area contributed by atoms with Gasteiger partial charge in [0.15, 0.2) is 5.75 Å². The maximum Gasteiger partial charge on any atom is 0.228 e. The van der Waals surface area contributed by atoms with Crippen LogP contribution in [0.4, 0.5) is 11.4 Å². The van der Waals surface area contributed by atoms with Gasteiger partial charge in [-0.2, -0.15) is 0 Å². The van der Waals surface area contributed by atoms with E-state index in [9.17, 15) is 0 Å². The van der Waals surface area contributed by atoms with Crippen LogP contribution >= 0.6 is 0 Å². The summed E-state index contributed by atoms with van der Waals surface area (Å²) in [6.07, 6.45) is 24.8. The Labute approximate surface area is 264 Å². The molecule has 5 nitrogen and oxygen atoms in total. The van der Waals surface area contributed by atoms with Crippen LogP contribution in [0.2, 0.25) is 0 Å². The highest BCUT2D eigenvalue weighted by molar-refractivity contribution is 6.14. The van der Waals surface area contributed by atoms with Gasteiger partial charge in [0.2, 0.25) is 5.72 Å². The second-order valence-electron chi connectivity index (χ2n) is 13.4. The highest BCUT2D eigenvalue weighted by Gasteiger charge is 2.59. The van der Waals surface area contributed by atoms with Gasteiger partial charge in [-0.05, 0) is 56.2 Å². The first-order valence-corrected chi connectivity index (χ1v) is 17.4. The molecule has 1 unspecified atom stereocenters. The van der Waals surface area contributed by atoms with Crippen LogP contribution in [0.15, 0.2) is 65.9 Å². The van der Waals surface area contributed by atoms with E-state index in [1.54, 1.807) is 0 Å². The smallest absolute Gasteiger partial charge is 0.228 e. The monoisotopic (exact) mass is 590 g/mol. The molecule has 0 amide bonds. The fourth-order valence-electron chi connectivity index (χ4n) is 7.49. The van der Waals surface area contributed by atoms with E-state index in [-0.39, 0.29) is 5.41 Å². The Morgan fingerprint density at radius 2 is 1.23 bits per heavy atom. The van der Waals surface area contributed by atoms with Crippen LogP contribution in [0.1, 0.15) is 116 Å². The molecule has 2 aliphatic heterocycles. The van der Waals surface area contributed by atoms with Crippen molar-refractivity contribution in [3.63, 3.8) is 0 Å². The van der Waals surface area contributed by atoms with Gasteiger partial charge in [0.1, 0.15) is 11.2 Å². The predicted octanol–water partition coefficient (Wildman–Crippen LogP) is 10.9. The van der Waals surface area contributed by atoms with Gasteiger partial charge in [0.05, 0.1) is 17.1 Å². The first kappa shape index (κ1) is 30.6. The normalized spacial score (nSPS) is 18.2. The molecule has 2 aromatic carbocycles. The topological polar surface area (TPSA) is 50.6 Å². The predicted molar refractivity (Wildman–Crippen MR) is 186 cm³/mol. The summed E-state index contributed by atoms with van der Waals surface area (Å²) in [4.78, 5) is 17.1. The Morgan fingerprint density at radius 1 is 0.659 bits per heavy atom. The molecule has 44 heavy (non-hydrogen) atoms. The molecule has 1 spiro atoms. The fourth-order valence-corrected chi connectivity index (χ4v) is 7.49. The average molecular weight is 591 g/mol. The minimum atomic E-state index is -0.723. The summed E-state index contributed by atoms with van der Waals surface area (Å²) in [7, 11) is 0. The quantitative estimate of drug-likeness (QED) is 0.102. The molecular weight excluding hydrogens is 540 g/mol. The molecule has 2 aromatic heterocycles. The summed E-state index contributed by atoms with van der Waals surface area (Å²) in [5, 5.41) is 1.94. The molecule has 5 heteroatoms. The highest BCUT2D eigenvalue weighted by atomic mass is 16.5. The van der Waals surface area contributed by atoms with E-state index >= 15 is 0 Å². The first-order chi connectivity index (χ1) is 21.6. The van der Waals surface area contributed by atoms with Crippen LogP contribution in [0.3, 0.4) is 0 Å². The molecule has 4 heterocycles. The molecular formula is C39H50N4O. The molecule has 6 rings (SSSR count). The lowest BCUT2D eigenvalue weighted by Gasteiger charge is -2.46. The number of anilines is 1. The van der Waals surface area contributed by atoms with Gasteiger partial charge in [0, 0.05) is 35.4 Å². The molecule has 0 radical (unpaired) electrons. The second-order valence-corrected chi connectivity index (χ2v) is 13.4. The van der Waals surface area contributed by atoms with E-state index in [1.165, 1.54) is 94.7 Å². The van der Waals surface area contributed by atoms with Gasteiger partial charge in [-0.15, -0.1) is 0 Å². The molecule has 2 aliphatic rings. The van der Waals surface area contributed by atoms with Crippen molar-refractivity contribution in [2.75, 3.05) is 11.4 Å². The third kappa shape index (κ3) is 5.71. The third-order valence-electron chi connectivity index (χ3n) is 10.1. The van der Waals surface area contributed by atoms with Crippen molar-refractivity contribution in [1.82, 2.24) is 9.97 Å². The number of aromatic nitrogens is 2.